The minimum absolute atomic E-state index is 0.0862. The molecule has 2 atom stereocenters. The third kappa shape index (κ3) is 2.39. The molecule has 24 heavy (non-hydrogen) atoms. The Hall–Kier alpha value is -2.62. The first-order valence-corrected chi connectivity index (χ1v) is 8.26. The maximum atomic E-state index is 12.7. The monoisotopic (exact) mass is 321 g/mol. The SMILES string of the molecule is CC(=O)O[C@@H]1C(=O)N(C2Cc3ccccc3C2)[C@@H]1c1ccccc1. The van der Waals surface area contributed by atoms with Crippen LogP contribution in [-0.2, 0) is 27.2 Å². The average Bonchev–Trinajstić information content (AvgIpc) is 3.00. The third-order valence-electron chi connectivity index (χ3n) is 4.94. The fourth-order valence-electron chi connectivity index (χ4n) is 3.90. The Morgan fingerprint density at radius 1 is 1.00 bits per heavy atom. The number of hydrogen-bond acceptors (Lipinski definition) is 3. The summed E-state index contributed by atoms with van der Waals surface area (Å²) in [7, 11) is 0. The zero-order chi connectivity index (χ0) is 16.7. The van der Waals surface area contributed by atoms with Crippen LogP contribution in [0.3, 0.4) is 0 Å². The molecule has 1 amide bonds. The molecule has 4 heteroatoms. The lowest BCUT2D eigenvalue weighted by Gasteiger charge is -2.49. The lowest BCUT2D eigenvalue weighted by atomic mass is 9.88. The molecule has 0 unspecified atom stereocenters. The van der Waals surface area contributed by atoms with Gasteiger partial charge in [0, 0.05) is 13.0 Å². The molecule has 0 spiro atoms. The van der Waals surface area contributed by atoms with E-state index in [1.165, 1.54) is 18.1 Å². The highest BCUT2D eigenvalue weighted by molar-refractivity contribution is 5.91. The fourth-order valence-corrected chi connectivity index (χ4v) is 3.90. The van der Waals surface area contributed by atoms with Crippen LogP contribution in [0.25, 0.3) is 0 Å². The highest BCUT2D eigenvalue weighted by atomic mass is 16.6. The van der Waals surface area contributed by atoms with Crippen molar-refractivity contribution in [2.45, 2.75) is 38.0 Å². The van der Waals surface area contributed by atoms with E-state index in [2.05, 4.69) is 12.1 Å². The molecule has 0 aromatic heterocycles. The second-order valence-corrected chi connectivity index (χ2v) is 6.46. The van der Waals surface area contributed by atoms with Gasteiger partial charge >= 0.3 is 5.97 Å². The predicted octanol–water partition coefficient (Wildman–Crippen LogP) is 2.67. The molecule has 0 bridgehead atoms. The van der Waals surface area contributed by atoms with Crippen molar-refractivity contribution >= 4 is 11.9 Å². The first-order valence-electron chi connectivity index (χ1n) is 8.26. The first-order chi connectivity index (χ1) is 11.6. The molecule has 1 fully saturated rings. The Morgan fingerprint density at radius 2 is 1.58 bits per heavy atom. The second-order valence-electron chi connectivity index (χ2n) is 6.46. The number of ether oxygens (including phenoxy) is 1. The lowest BCUT2D eigenvalue weighted by molar-refractivity contribution is -0.186. The van der Waals surface area contributed by atoms with E-state index >= 15 is 0 Å². The molecule has 0 radical (unpaired) electrons. The Morgan fingerprint density at radius 3 is 2.17 bits per heavy atom. The topological polar surface area (TPSA) is 46.6 Å². The molecule has 1 saturated heterocycles. The van der Waals surface area contributed by atoms with Gasteiger partial charge < -0.3 is 9.64 Å². The average molecular weight is 321 g/mol. The van der Waals surface area contributed by atoms with Gasteiger partial charge in [-0.1, -0.05) is 54.6 Å². The van der Waals surface area contributed by atoms with Crippen molar-refractivity contribution in [3.05, 3.63) is 71.3 Å². The van der Waals surface area contributed by atoms with E-state index in [1.807, 2.05) is 47.4 Å². The van der Waals surface area contributed by atoms with Crippen molar-refractivity contribution in [2.75, 3.05) is 0 Å². The third-order valence-corrected chi connectivity index (χ3v) is 4.94. The maximum Gasteiger partial charge on any atom is 0.303 e. The van der Waals surface area contributed by atoms with E-state index in [1.54, 1.807) is 0 Å². The van der Waals surface area contributed by atoms with Crippen molar-refractivity contribution < 1.29 is 14.3 Å². The molecule has 2 aromatic carbocycles. The van der Waals surface area contributed by atoms with E-state index in [0.717, 1.165) is 18.4 Å². The molecule has 122 valence electrons. The van der Waals surface area contributed by atoms with Crippen molar-refractivity contribution in [1.82, 2.24) is 4.90 Å². The summed E-state index contributed by atoms with van der Waals surface area (Å²) in [6.07, 6.45) is 1.02. The normalized spacial score (nSPS) is 22.9. The van der Waals surface area contributed by atoms with Gasteiger partial charge in [0.2, 0.25) is 6.10 Å². The van der Waals surface area contributed by atoms with Crippen molar-refractivity contribution in [3.8, 4) is 0 Å². The van der Waals surface area contributed by atoms with Gasteiger partial charge in [-0.25, -0.2) is 0 Å². The van der Waals surface area contributed by atoms with Crippen molar-refractivity contribution in [3.63, 3.8) is 0 Å². The van der Waals surface area contributed by atoms with Crippen LogP contribution in [0.2, 0.25) is 0 Å². The Bertz CT molecular complexity index is 761. The molecule has 2 aromatic rings. The molecule has 1 aliphatic carbocycles. The van der Waals surface area contributed by atoms with Crippen LogP contribution < -0.4 is 0 Å². The van der Waals surface area contributed by atoms with Crippen molar-refractivity contribution in [1.29, 1.82) is 0 Å². The number of fused-ring (bicyclic) bond motifs is 1. The fraction of sp³-hybridized carbons (Fsp3) is 0.300. The molecule has 1 heterocycles. The molecule has 2 aliphatic rings. The standard InChI is InChI=1S/C20H19NO3/c1-13(22)24-19-18(14-7-3-2-4-8-14)21(20(19)23)17-11-15-9-5-6-10-16(15)12-17/h2-10,17-19H,11-12H2,1H3/t18-,19+/m1/s1. The number of carbonyl (C=O) groups is 2. The zero-order valence-electron chi connectivity index (χ0n) is 13.5. The van der Waals surface area contributed by atoms with Crippen LogP contribution in [0.4, 0.5) is 0 Å². The number of rotatable bonds is 3. The van der Waals surface area contributed by atoms with Gasteiger partial charge in [0.25, 0.3) is 5.91 Å². The second kappa shape index (κ2) is 5.78. The molecule has 4 rings (SSSR count). The van der Waals surface area contributed by atoms with Gasteiger partial charge in [-0.2, -0.15) is 0 Å². The highest BCUT2D eigenvalue weighted by Gasteiger charge is 2.53. The molecule has 0 saturated carbocycles. The van der Waals surface area contributed by atoms with Gasteiger partial charge in [-0.05, 0) is 29.5 Å². The lowest BCUT2D eigenvalue weighted by Crippen LogP contribution is -2.63. The van der Waals surface area contributed by atoms with Gasteiger partial charge in [0.1, 0.15) is 6.04 Å². The Kier molecular flexibility index (Phi) is 3.60. The molecule has 4 nitrogen and oxygen atoms in total. The summed E-state index contributed by atoms with van der Waals surface area (Å²) in [4.78, 5) is 26.0. The van der Waals surface area contributed by atoms with E-state index < -0.39 is 12.1 Å². The Balaban J connectivity index is 1.62. The quantitative estimate of drug-likeness (QED) is 0.645. The van der Waals surface area contributed by atoms with E-state index in [4.69, 9.17) is 4.74 Å². The minimum atomic E-state index is -0.700. The van der Waals surface area contributed by atoms with Crippen LogP contribution in [0.15, 0.2) is 54.6 Å². The van der Waals surface area contributed by atoms with Crippen LogP contribution in [0.5, 0.6) is 0 Å². The summed E-state index contributed by atoms with van der Waals surface area (Å²) in [5, 5.41) is 0. The summed E-state index contributed by atoms with van der Waals surface area (Å²) in [5.74, 6) is -0.500. The number of likely N-dealkylation sites (tertiary alicyclic amines) is 1. The Labute approximate surface area is 141 Å². The minimum Gasteiger partial charge on any atom is -0.450 e. The number of nitrogens with zero attached hydrogens (tertiary/aromatic N) is 1. The number of hydrogen-bond donors (Lipinski definition) is 0. The summed E-state index contributed by atoms with van der Waals surface area (Å²) >= 11 is 0. The number of amides is 1. The predicted molar refractivity (Wildman–Crippen MR) is 89.2 cm³/mol. The number of benzene rings is 2. The number of β-lactam (4-membered cyclic amide) rings is 1. The summed E-state index contributed by atoms with van der Waals surface area (Å²) in [6, 6.07) is 18.1. The van der Waals surface area contributed by atoms with Crippen molar-refractivity contribution in [2.24, 2.45) is 0 Å². The summed E-state index contributed by atoms with van der Waals surface area (Å²) in [5.41, 5.74) is 3.62. The van der Waals surface area contributed by atoms with E-state index in [0.29, 0.717) is 0 Å². The van der Waals surface area contributed by atoms with Gasteiger partial charge in [0.05, 0.1) is 0 Å². The number of carbonyl (C=O) groups excluding carboxylic acids is 2. The number of esters is 1. The van der Waals surface area contributed by atoms with Crippen LogP contribution in [0, 0.1) is 0 Å². The van der Waals surface area contributed by atoms with Crippen LogP contribution in [0.1, 0.15) is 29.7 Å². The molecular weight excluding hydrogens is 302 g/mol. The zero-order valence-corrected chi connectivity index (χ0v) is 13.5. The largest absolute Gasteiger partial charge is 0.450 e. The van der Waals surface area contributed by atoms with E-state index in [9.17, 15) is 9.59 Å². The van der Waals surface area contributed by atoms with Gasteiger partial charge in [-0.15, -0.1) is 0 Å². The molecular formula is C20H19NO3. The highest BCUT2D eigenvalue weighted by Crippen LogP contribution is 2.42. The molecule has 0 N–H and O–H groups in total. The van der Waals surface area contributed by atoms with Crippen LogP contribution >= 0.6 is 0 Å². The van der Waals surface area contributed by atoms with Gasteiger partial charge in [0.15, 0.2) is 0 Å². The van der Waals surface area contributed by atoms with Gasteiger partial charge in [-0.3, -0.25) is 9.59 Å². The summed E-state index contributed by atoms with van der Waals surface area (Å²) < 4.78 is 5.30. The first kappa shape index (κ1) is 14.9. The molecule has 1 aliphatic heterocycles. The van der Waals surface area contributed by atoms with Crippen LogP contribution in [-0.4, -0.2) is 28.9 Å². The summed E-state index contributed by atoms with van der Waals surface area (Å²) in [6.45, 7) is 1.35. The van der Waals surface area contributed by atoms with E-state index in [-0.39, 0.29) is 18.0 Å². The smallest absolute Gasteiger partial charge is 0.303 e. The maximum absolute atomic E-state index is 12.7.